The molecule has 5 nitrogen and oxygen atoms in total. The molecule has 1 aromatic heterocycles. The van der Waals surface area contributed by atoms with Crippen LogP contribution in [-0.4, -0.2) is 35.7 Å². The average Bonchev–Trinajstić information content (AvgIpc) is 3.19. The summed E-state index contributed by atoms with van der Waals surface area (Å²) in [6.45, 7) is 2.87. The van der Waals surface area contributed by atoms with Gasteiger partial charge in [-0.25, -0.2) is 0 Å². The number of hydrogen-bond donors (Lipinski definition) is 3. The maximum Gasteiger partial charge on any atom is 0.255 e. The van der Waals surface area contributed by atoms with Crippen LogP contribution in [0.1, 0.15) is 23.2 Å². The van der Waals surface area contributed by atoms with Crippen LogP contribution in [0.15, 0.2) is 36.5 Å². The second kappa shape index (κ2) is 6.54. The average molecular weight is 284 g/mol. The summed E-state index contributed by atoms with van der Waals surface area (Å²) < 4.78 is 0. The summed E-state index contributed by atoms with van der Waals surface area (Å²) in [4.78, 5) is 12.3. The summed E-state index contributed by atoms with van der Waals surface area (Å²) in [7, 11) is 0. The Balaban J connectivity index is 1.61. The van der Waals surface area contributed by atoms with Crippen molar-refractivity contribution in [3.05, 3.63) is 42.1 Å². The molecule has 0 saturated carbocycles. The predicted molar refractivity (Wildman–Crippen MR) is 82.0 cm³/mol. The molecule has 110 valence electrons. The lowest BCUT2D eigenvalue weighted by Gasteiger charge is -2.09. The molecule has 0 bridgehead atoms. The Morgan fingerprint density at radius 2 is 2.19 bits per heavy atom. The number of hydrogen-bond acceptors (Lipinski definition) is 3. The Morgan fingerprint density at radius 1 is 1.33 bits per heavy atom. The minimum absolute atomic E-state index is 0.0615. The molecule has 3 N–H and O–H groups in total. The number of amides is 1. The second-order valence-electron chi connectivity index (χ2n) is 5.43. The van der Waals surface area contributed by atoms with E-state index in [1.165, 1.54) is 6.42 Å². The van der Waals surface area contributed by atoms with Gasteiger partial charge in [-0.1, -0.05) is 30.3 Å². The highest BCUT2D eigenvalue weighted by Gasteiger charge is 2.17. The fourth-order valence-electron chi connectivity index (χ4n) is 2.73. The molecular weight excluding hydrogens is 264 g/mol. The monoisotopic (exact) mass is 284 g/mol. The molecule has 1 aliphatic heterocycles. The largest absolute Gasteiger partial charge is 0.352 e. The first kappa shape index (κ1) is 13.8. The molecule has 1 atom stereocenters. The molecule has 1 aliphatic rings. The molecule has 3 rings (SSSR count). The molecular formula is C16H20N4O. The first-order chi connectivity index (χ1) is 10.3. The quantitative estimate of drug-likeness (QED) is 0.784. The van der Waals surface area contributed by atoms with E-state index in [2.05, 4.69) is 20.8 Å². The minimum atomic E-state index is -0.0615. The lowest BCUT2D eigenvalue weighted by atomic mass is 10.0. The van der Waals surface area contributed by atoms with Crippen molar-refractivity contribution >= 4 is 5.91 Å². The summed E-state index contributed by atoms with van der Waals surface area (Å²) in [5, 5.41) is 13.3. The molecule has 1 aromatic carbocycles. The molecule has 1 unspecified atom stereocenters. The molecule has 0 aliphatic carbocycles. The topological polar surface area (TPSA) is 69.8 Å². The molecule has 0 spiro atoms. The van der Waals surface area contributed by atoms with Gasteiger partial charge in [0.05, 0.1) is 17.5 Å². The normalized spacial score (nSPS) is 17.8. The Morgan fingerprint density at radius 3 is 2.95 bits per heavy atom. The number of rotatable bonds is 5. The standard InChI is InChI=1S/C16H20N4O/c21-16(18-9-7-12-6-8-17-10-12)14-11-19-20-15(14)13-4-2-1-3-5-13/h1-5,11-12,17H,6-10H2,(H,18,21)(H,19,20). The van der Waals surface area contributed by atoms with Crippen LogP contribution >= 0.6 is 0 Å². The fourth-order valence-corrected chi connectivity index (χ4v) is 2.73. The third kappa shape index (κ3) is 3.31. The maximum atomic E-state index is 12.3. The van der Waals surface area contributed by atoms with E-state index in [1.54, 1.807) is 6.20 Å². The van der Waals surface area contributed by atoms with Crippen LogP contribution in [0, 0.1) is 5.92 Å². The van der Waals surface area contributed by atoms with Crippen LogP contribution in [-0.2, 0) is 0 Å². The predicted octanol–water partition coefficient (Wildman–Crippen LogP) is 1.81. The molecule has 5 heteroatoms. The molecule has 0 radical (unpaired) electrons. The van der Waals surface area contributed by atoms with E-state index in [0.717, 1.165) is 30.8 Å². The minimum Gasteiger partial charge on any atom is -0.352 e. The van der Waals surface area contributed by atoms with Gasteiger partial charge in [-0.15, -0.1) is 0 Å². The Kier molecular flexibility index (Phi) is 4.31. The van der Waals surface area contributed by atoms with Crippen LogP contribution in [0.3, 0.4) is 0 Å². The number of carbonyl (C=O) groups is 1. The zero-order valence-electron chi connectivity index (χ0n) is 11.9. The van der Waals surface area contributed by atoms with Gasteiger partial charge in [-0.3, -0.25) is 9.89 Å². The molecule has 1 saturated heterocycles. The van der Waals surface area contributed by atoms with Gasteiger partial charge in [-0.2, -0.15) is 5.10 Å². The molecule has 2 heterocycles. The van der Waals surface area contributed by atoms with Gasteiger partial charge in [-0.05, 0) is 31.8 Å². The lowest BCUT2D eigenvalue weighted by molar-refractivity contribution is 0.0952. The fraction of sp³-hybridized carbons (Fsp3) is 0.375. The van der Waals surface area contributed by atoms with E-state index in [4.69, 9.17) is 0 Å². The van der Waals surface area contributed by atoms with Gasteiger partial charge in [0.1, 0.15) is 0 Å². The van der Waals surface area contributed by atoms with E-state index in [-0.39, 0.29) is 5.91 Å². The first-order valence-electron chi connectivity index (χ1n) is 7.42. The number of nitrogens with one attached hydrogen (secondary N) is 3. The maximum absolute atomic E-state index is 12.3. The summed E-state index contributed by atoms with van der Waals surface area (Å²) in [6.07, 6.45) is 3.82. The number of H-pyrrole nitrogens is 1. The Bertz CT molecular complexity index is 587. The van der Waals surface area contributed by atoms with Gasteiger partial charge in [0.2, 0.25) is 0 Å². The zero-order valence-corrected chi connectivity index (χ0v) is 11.9. The van der Waals surface area contributed by atoms with E-state index < -0.39 is 0 Å². The number of carbonyl (C=O) groups excluding carboxylic acids is 1. The highest BCUT2D eigenvalue weighted by molar-refractivity contribution is 5.99. The van der Waals surface area contributed by atoms with Crippen molar-refractivity contribution in [3.8, 4) is 11.3 Å². The van der Waals surface area contributed by atoms with Crippen molar-refractivity contribution in [2.75, 3.05) is 19.6 Å². The zero-order chi connectivity index (χ0) is 14.5. The third-order valence-corrected chi connectivity index (χ3v) is 3.95. The van der Waals surface area contributed by atoms with E-state index in [0.29, 0.717) is 18.0 Å². The van der Waals surface area contributed by atoms with Crippen LogP contribution in [0.4, 0.5) is 0 Å². The summed E-state index contributed by atoms with van der Waals surface area (Å²) >= 11 is 0. The first-order valence-corrected chi connectivity index (χ1v) is 7.42. The van der Waals surface area contributed by atoms with Crippen molar-refractivity contribution in [2.24, 2.45) is 5.92 Å². The van der Waals surface area contributed by atoms with Crippen LogP contribution in [0.25, 0.3) is 11.3 Å². The van der Waals surface area contributed by atoms with E-state index in [1.807, 2.05) is 30.3 Å². The SMILES string of the molecule is O=C(NCCC1CCNC1)c1cn[nH]c1-c1ccccc1. The van der Waals surface area contributed by atoms with Crippen molar-refractivity contribution in [2.45, 2.75) is 12.8 Å². The van der Waals surface area contributed by atoms with Crippen molar-refractivity contribution in [1.82, 2.24) is 20.8 Å². The highest BCUT2D eigenvalue weighted by Crippen LogP contribution is 2.20. The summed E-state index contributed by atoms with van der Waals surface area (Å²) in [5.74, 6) is 0.622. The molecule has 21 heavy (non-hydrogen) atoms. The van der Waals surface area contributed by atoms with Gasteiger partial charge in [0, 0.05) is 12.1 Å². The molecule has 1 amide bonds. The van der Waals surface area contributed by atoms with Crippen molar-refractivity contribution in [1.29, 1.82) is 0 Å². The molecule has 2 aromatic rings. The van der Waals surface area contributed by atoms with Gasteiger partial charge < -0.3 is 10.6 Å². The van der Waals surface area contributed by atoms with Gasteiger partial charge >= 0.3 is 0 Å². The van der Waals surface area contributed by atoms with E-state index in [9.17, 15) is 4.79 Å². The number of nitrogens with zero attached hydrogens (tertiary/aromatic N) is 1. The summed E-state index contributed by atoms with van der Waals surface area (Å²) in [6, 6.07) is 9.79. The number of aromatic nitrogens is 2. The van der Waals surface area contributed by atoms with Gasteiger partial charge in [0.15, 0.2) is 0 Å². The lowest BCUT2D eigenvalue weighted by Crippen LogP contribution is -2.26. The van der Waals surface area contributed by atoms with Crippen molar-refractivity contribution < 1.29 is 4.79 Å². The van der Waals surface area contributed by atoms with Crippen LogP contribution in [0.5, 0.6) is 0 Å². The Labute approximate surface area is 124 Å². The Hall–Kier alpha value is -2.14. The van der Waals surface area contributed by atoms with E-state index >= 15 is 0 Å². The number of benzene rings is 1. The number of aromatic amines is 1. The second-order valence-corrected chi connectivity index (χ2v) is 5.43. The smallest absolute Gasteiger partial charge is 0.255 e. The van der Waals surface area contributed by atoms with Crippen LogP contribution in [0.2, 0.25) is 0 Å². The third-order valence-electron chi connectivity index (χ3n) is 3.95. The highest BCUT2D eigenvalue weighted by atomic mass is 16.1. The van der Waals surface area contributed by atoms with Gasteiger partial charge in [0.25, 0.3) is 5.91 Å². The van der Waals surface area contributed by atoms with Crippen molar-refractivity contribution in [3.63, 3.8) is 0 Å². The van der Waals surface area contributed by atoms with Crippen LogP contribution < -0.4 is 10.6 Å². The summed E-state index contributed by atoms with van der Waals surface area (Å²) in [5.41, 5.74) is 2.35. The molecule has 1 fully saturated rings.